The maximum absolute atomic E-state index is 13.0. The van der Waals surface area contributed by atoms with E-state index in [2.05, 4.69) is 16.0 Å². The normalized spacial score (nSPS) is 15.2. The highest BCUT2D eigenvalue weighted by Crippen LogP contribution is 2.36. The van der Waals surface area contributed by atoms with Crippen molar-refractivity contribution in [1.29, 1.82) is 0 Å². The number of phenolic OH excluding ortho intramolecular Hbond substituents is 1. The fraction of sp³-hybridized carbons (Fsp3) is 0.333. The van der Waals surface area contributed by atoms with Crippen LogP contribution in [-0.2, 0) is 0 Å². The van der Waals surface area contributed by atoms with Crippen LogP contribution >= 0.6 is 0 Å². The molecule has 1 aliphatic carbocycles. The van der Waals surface area contributed by atoms with Gasteiger partial charge in [-0.3, -0.25) is 9.89 Å². The molecule has 2 heterocycles. The molecule has 0 spiro atoms. The van der Waals surface area contributed by atoms with E-state index in [1.807, 2.05) is 6.92 Å². The molecule has 2 N–H and O–H groups in total. The zero-order chi connectivity index (χ0) is 18.3. The molecule has 1 fully saturated rings. The zero-order valence-electron chi connectivity index (χ0n) is 14.7. The Morgan fingerprint density at radius 3 is 2.73 bits per heavy atom. The predicted octanol–water partition coefficient (Wildman–Crippen LogP) is 3.73. The first kappa shape index (κ1) is 16.5. The fourth-order valence-corrected chi connectivity index (χ4v) is 4.06. The molecule has 0 amide bonds. The van der Waals surface area contributed by atoms with Crippen LogP contribution in [0.1, 0.15) is 54.8 Å². The number of terminal acetylenes is 1. The zero-order valence-corrected chi connectivity index (χ0v) is 14.7. The van der Waals surface area contributed by atoms with Gasteiger partial charge in [0.05, 0.1) is 5.56 Å². The summed E-state index contributed by atoms with van der Waals surface area (Å²) in [6.07, 6.45) is 12.9. The van der Waals surface area contributed by atoms with Gasteiger partial charge in [-0.1, -0.05) is 25.2 Å². The molecular formula is C21H21N3O2. The Balaban J connectivity index is 1.86. The topological polar surface area (TPSA) is 70.4 Å². The summed E-state index contributed by atoms with van der Waals surface area (Å²) in [7, 11) is 0. The van der Waals surface area contributed by atoms with Gasteiger partial charge < -0.3 is 5.11 Å². The van der Waals surface area contributed by atoms with Crippen LogP contribution in [0, 0.1) is 19.3 Å². The summed E-state index contributed by atoms with van der Waals surface area (Å²) in [6.45, 7) is 2.00. The molecule has 5 nitrogen and oxygen atoms in total. The van der Waals surface area contributed by atoms with Crippen LogP contribution in [0.4, 0.5) is 0 Å². The molecule has 5 heteroatoms. The van der Waals surface area contributed by atoms with E-state index < -0.39 is 0 Å². The SMILES string of the molecule is C#Cc1ccc(-c2cnc3c(C4CCCCC4)c(C)[nH]n3c2=O)c(O)c1. The lowest BCUT2D eigenvalue weighted by Gasteiger charge is -2.21. The van der Waals surface area contributed by atoms with Crippen LogP contribution in [0.2, 0.25) is 0 Å². The van der Waals surface area contributed by atoms with E-state index >= 15 is 0 Å². The lowest BCUT2D eigenvalue weighted by molar-refractivity contribution is 0.444. The number of rotatable bonds is 2. The molecular weight excluding hydrogens is 326 g/mol. The molecule has 0 unspecified atom stereocenters. The number of aromatic amines is 1. The van der Waals surface area contributed by atoms with Crippen molar-refractivity contribution in [2.24, 2.45) is 0 Å². The summed E-state index contributed by atoms with van der Waals surface area (Å²) < 4.78 is 1.50. The third-order valence-corrected chi connectivity index (χ3v) is 5.35. The summed E-state index contributed by atoms with van der Waals surface area (Å²) >= 11 is 0. The molecule has 1 aromatic carbocycles. The van der Waals surface area contributed by atoms with Crippen LogP contribution in [0.3, 0.4) is 0 Å². The van der Waals surface area contributed by atoms with Gasteiger partial charge in [-0.2, -0.15) is 0 Å². The number of H-pyrrole nitrogens is 1. The van der Waals surface area contributed by atoms with Gasteiger partial charge in [-0.15, -0.1) is 6.42 Å². The van der Waals surface area contributed by atoms with Crippen molar-refractivity contribution in [2.45, 2.75) is 44.9 Å². The van der Waals surface area contributed by atoms with E-state index in [4.69, 9.17) is 6.42 Å². The molecule has 0 saturated heterocycles. The molecule has 1 aliphatic rings. The Bertz CT molecular complexity index is 1080. The first-order valence-corrected chi connectivity index (χ1v) is 9.00. The molecule has 2 aromatic heterocycles. The van der Waals surface area contributed by atoms with Gasteiger partial charge in [0.1, 0.15) is 5.75 Å². The molecule has 26 heavy (non-hydrogen) atoms. The lowest BCUT2D eigenvalue weighted by atomic mass is 9.84. The predicted molar refractivity (Wildman–Crippen MR) is 101 cm³/mol. The number of benzene rings is 1. The minimum atomic E-state index is -0.219. The van der Waals surface area contributed by atoms with Gasteiger partial charge in [0.2, 0.25) is 0 Å². The van der Waals surface area contributed by atoms with Crippen molar-refractivity contribution < 1.29 is 5.11 Å². The molecule has 132 valence electrons. The van der Waals surface area contributed by atoms with Gasteiger partial charge in [0.25, 0.3) is 5.56 Å². The fourth-order valence-electron chi connectivity index (χ4n) is 4.06. The number of aromatic nitrogens is 3. The summed E-state index contributed by atoms with van der Waals surface area (Å²) in [5, 5.41) is 13.4. The van der Waals surface area contributed by atoms with Crippen molar-refractivity contribution in [3.8, 4) is 29.2 Å². The Morgan fingerprint density at radius 1 is 1.27 bits per heavy atom. The minimum Gasteiger partial charge on any atom is -0.507 e. The van der Waals surface area contributed by atoms with Crippen LogP contribution in [0.15, 0.2) is 29.2 Å². The Hall–Kier alpha value is -3.00. The van der Waals surface area contributed by atoms with E-state index in [0.29, 0.717) is 28.3 Å². The number of phenols is 1. The van der Waals surface area contributed by atoms with Gasteiger partial charge in [0, 0.05) is 28.6 Å². The molecule has 4 rings (SSSR count). The van der Waals surface area contributed by atoms with E-state index in [-0.39, 0.29) is 11.3 Å². The van der Waals surface area contributed by atoms with Gasteiger partial charge >= 0.3 is 0 Å². The number of hydrogen-bond acceptors (Lipinski definition) is 3. The molecule has 0 radical (unpaired) electrons. The average Bonchev–Trinajstić information content (AvgIpc) is 3.00. The number of aryl methyl sites for hydroxylation is 1. The second-order valence-corrected chi connectivity index (χ2v) is 7.00. The van der Waals surface area contributed by atoms with Crippen molar-refractivity contribution in [2.75, 3.05) is 0 Å². The largest absolute Gasteiger partial charge is 0.507 e. The minimum absolute atomic E-state index is 0.0184. The summed E-state index contributed by atoms with van der Waals surface area (Å²) in [5.74, 6) is 2.90. The van der Waals surface area contributed by atoms with Crippen molar-refractivity contribution in [3.05, 3.63) is 51.6 Å². The van der Waals surface area contributed by atoms with E-state index in [1.54, 1.807) is 18.3 Å². The van der Waals surface area contributed by atoms with Crippen LogP contribution < -0.4 is 5.56 Å². The standard InChI is InChI=1S/C21H21N3O2/c1-3-14-9-10-16(18(25)11-14)17-12-22-20-19(15-7-5-4-6-8-15)13(2)23-24(20)21(17)26/h1,9-12,15,23,25H,4-8H2,2H3. The van der Waals surface area contributed by atoms with Crippen molar-refractivity contribution in [3.63, 3.8) is 0 Å². The smallest absolute Gasteiger partial charge is 0.280 e. The van der Waals surface area contributed by atoms with Gasteiger partial charge in [0.15, 0.2) is 5.65 Å². The van der Waals surface area contributed by atoms with E-state index in [0.717, 1.165) is 24.1 Å². The third kappa shape index (κ3) is 2.59. The second-order valence-electron chi connectivity index (χ2n) is 7.00. The Labute approximate surface area is 151 Å². The molecule has 0 aliphatic heterocycles. The van der Waals surface area contributed by atoms with Crippen LogP contribution in [0.25, 0.3) is 16.8 Å². The number of fused-ring (bicyclic) bond motifs is 1. The summed E-state index contributed by atoms with van der Waals surface area (Å²) in [6, 6.07) is 4.85. The first-order chi connectivity index (χ1) is 12.6. The highest BCUT2D eigenvalue weighted by molar-refractivity contribution is 5.71. The number of nitrogens with one attached hydrogen (secondary N) is 1. The lowest BCUT2D eigenvalue weighted by Crippen LogP contribution is -2.17. The van der Waals surface area contributed by atoms with Crippen LogP contribution in [0.5, 0.6) is 5.75 Å². The van der Waals surface area contributed by atoms with Crippen LogP contribution in [-0.4, -0.2) is 19.7 Å². The van der Waals surface area contributed by atoms with Gasteiger partial charge in [-0.05, 0) is 43.9 Å². The maximum atomic E-state index is 13.0. The monoisotopic (exact) mass is 347 g/mol. The summed E-state index contributed by atoms with van der Waals surface area (Å²) in [5.41, 5.74) is 3.97. The van der Waals surface area contributed by atoms with Gasteiger partial charge in [-0.25, -0.2) is 9.50 Å². The summed E-state index contributed by atoms with van der Waals surface area (Å²) in [4.78, 5) is 17.6. The first-order valence-electron chi connectivity index (χ1n) is 9.00. The van der Waals surface area contributed by atoms with Crippen molar-refractivity contribution >= 4 is 5.65 Å². The maximum Gasteiger partial charge on any atom is 0.280 e. The second kappa shape index (κ2) is 6.38. The van der Waals surface area contributed by atoms with Crippen molar-refractivity contribution in [1.82, 2.24) is 14.6 Å². The van der Waals surface area contributed by atoms with E-state index in [1.165, 1.54) is 29.8 Å². The Kier molecular flexibility index (Phi) is 4.04. The highest BCUT2D eigenvalue weighted by Gasteiger charge is 2.24. The van der Waals surface area contributed by atoms with E-state index in [9.17, 15) is 9.90 Å². The highest BCUT2D eigenvalue weighted by atomic mass is 16.3. The third-order valence-electron chi connectivity index (χ3n) is 5.35. The number of aromatic hydroxyl groups is 1. The molecule has 0 bridgehead atoms. The number of hydrogen-bond donors (Lipinski definition) is 2. The average molecular weight is 347 g/mol. The molecule has 3 aromatic rings. The Morgan fingerprint density at radius 2 is 2.04 bits per heavy atom. The molecule has 1 saturated carbocycles. The molecule has 0 atom stereocenters. The number of nitrogens with zero attached hydrogens (tertiary/aromatic N) is 2. The quantitative estimate of drug-likeness (QED) is 0.694.